The van der Waals surface area contributed by atoms with E-state index in [0.717, 1.165) is 22.3 Å². The van der Waals surface area contributed by atoms with E-state index in [2.05, 4.69) is 20.0 Å². The Hall–Kier alpha value is -3.33. The molecule has 30 heavy (non-hydrogen) atoms. The number of benzene rings is 2. The van der Waals surface area contributed by atoms with Crippen molar-refractivity contribution < 1.29 is 18.3 Å². The van der Waals surface area contributed by atoms with E-state index < -0.39 is 6.61 Å². The van der Waals surface area contributed by atoms with E-state index >= 15 is 0 Å². The number of aromatic nitrogens is 3. The van der Waals surface area contributed by atoms with Gasteiger partial charge in [-0.05, 0) is 36.2 Å². The molecule has 0 unspecified atom stereocenters. The summed E-state index contributed by atoms with van der Waals surface area (Å²) >= 11 is 1.47. The number of imidazole rings is 1. The number of nitrogens with one attached hydrogen (secondary N) is 1. The number of carbonyl (C=O) groups is 1. The Morgan fingerprint density at radius 2 is 1.97 bits per heavy atom. The average Bonchev–Trinajstić information content (AvgIpc) is 3.37. The summed E-state index contributed by atoms with van der Waals surface area (Å²) in [5.41, 5.74) is 5.05. The molecule has 2 aromatic carbocycles. The number of ether oxygens (including phenoxy) is 1. The topological polar surface area (TPSA) is 69.0 Å². The molecule has 0 spiro atoms. The number of nitrogens with zero attached hydrogens (tertiary/aromatic N) is 3. The number of para-hydroxylation sites is 2. The minimum absolute atomic E-state index is 0.111. The van der Waals surface area contributed by atoms with Crippen LogP contribution in [0.25, 0.3) is 22.6 Å². The summed E-state index contributed by atoms with van der Waals surface area (Å²) in [5.74, 6) is 0.619. The molecule has 0 bridgehead atoms. The lowest BCUT2D eigenvalue weighted by molar-refractivity contribution is -0.121. The Morgan fingerprint density at radius 3 is 2.70 bits per heavy atom. The van der Waals surface area contributed by atoms with Crippen LogP contribution in [0, 0.1) is 0 Å². The van der Waals surface area contributed by atoms with Gasteiger partial charge in [0.25, 0.3) is 0 Å². The number of amides is 1. The van der Waals surface area contributed by atoms with Crippen LogP contribution < -0.4 is 10.1 Å². The van der Waals surface area contributed by atoms with Crippen LogP contribution in [0.4, 0.5) is 8.78 Å². The third-order valence-electron chi connectivity index (χ3n) is 4.50. The van der Waals surface area contributed by atoms with E-state index in [4.69, 9.17) is 0 Å². The van der Waals surface area contributed by atoms with Crippen molar-refractivity contribution in [3.63, 3.8) is 0 Å². The van der Waals surface area contributed by atoms with Crippen molar-refractivity contribution in [2.24, 2.45) is 0 Å². The summed E-state index contributed by atoms with van der Waals surface area (Å²) in [4.78, 5) is 21.5. The lowest BCUT2D eigenvalue weighted by Crippen LogP contribution is -2.29. The van der Waals surface area contributed by atoms with Gasteiger partial charge >= 0.3 is 6.61 Å². The van der Waals surface area contributed by atoms with Crippen LogP contribution in [0.5, 0.6) is 5.75 Å². The fraction of sp³-hybridized carbons (Fsp3) is 0.190. The van der Waals surface area contributed by atoms with Gasteiger partial charge in [0.2, 0.25) is 5.91 Å². The van der Waals surface area contributed by atoms with Crippen LogP contribution in [0.3, 0.4) is 0 Å². The number of thiazole rings is 1. The molecule has 9 heteroatoms. The zero-order valence-corrected chi connectivity index (χ0v) is 16.6. The molecule has 0 radical (unpaired) electrons. The first-order valence-electron chi connectivity index (χ1n) is 9.24. The van der Waals surface area contributed by atoms with Crippen LogP contribution in [-0.2, 0) is 17.8 Å². The first kappa shape index (κ1) is 20.0. The molecule has 2 heterocycles. The number of alkyl halides is 2. The third kappa shape index (κ3) is 4.62. The van der Waals surface area contributed by atoms with Crippen molar-refractivity contribution in [2.45, 2.75) is 19.6 Å². The van der Waals surface area contributed by atoms with Crippen molar-refractivity contribution in [1.82, 2.24) is 19.9 Å². The van der Waals surface area contributed by atoms with Gasteiger partial charge in [0, 0.05) is 11.9 Å². The Labute approximate surface area is 175 Å². The summed E-state index contributed by atoms with van der Waals surface area (Å²) in [7, 11) is 0. The van der Waals surface area contributed by atoms with Gasteiger partial charge in [0.05, 0.1) is 16.5 Å². The molecule has 154 valence electrons. The molecule has 4 rings (SSSR count). The summed E-state index contributed by atoms with van der Waals surface area (Å²) in [6, 6.07) is 14.0. The molecule has 6 nitrogen and oxygen atoms in total. The molecule has 0 aliphatic rings. The molecule has 1 amide bonds. The number of rotatable bonds is 8. The van der Waals surface area contributed by atoms with Crippen LogP contribution >= 0.6 is 11.3 Å². The van der Waals surface area contributed by atoms with Crippen molar-refractivity contribution in [3.8, 4) is 17.3 Å². The summed E-state index contributed by atoms with van der Waals surface area (Å²) in [6.07, 6.45) is 0.574. The molecule has 1 N–H and O–H groups in total. The van der Waals surface area contributed by atoms with Gasteiger partial charge in [-0.15, -0.1) is 11.3 Å². The maximum Gasteiger partial charge on any atom is 0.387 e. The van der Waals surface area contributed by atoms with E-state index in [1.807, 2.05) is 34.2 Å². The van der Waals surface area contributed by atoms with Crippen molar-refractivity contribution in [3.05, 3.63) is 65.0 Å². The number of carbonyl (C=O) groups excluding carboxylic acids is 1. The summed E-state index contributed by atoms with van der Waals surface area (Å²) in [6.45, 7) is -2.30. The first-order valence-corrected chi connectivity index (χ1v) is 10.2. The van der Waals surface area contributed by atoms with E-state index in [1.54, 1.807) is 17.6 Å². The van der Waals surface area contributed by atoms with Gasteiger partial charge in [-0.2, -0.15) is 8.78 Å². The van der Waals surface area contributed by atoms with E-state index in [1.165, 1.54) is 23.5 Å². The Morgan fingerprint density at radius 1 is 1.17 bits per heavy atom. The van der Waals surface area contributed by atoms with Crippen LogP contribution in [0.15, 0.2) is 59.4 Å². The van der Waals surface area contributed by atoms with Gasteiger partial charge < -0.3 is 14.6 Å². The average molecular weight is 428 g/mol. The zero-order chi connectivity index (χ0) is 20.9. The zero-order valence-electron chi connectivity index (χ0n) is 15.8. The number of fused-ring (bicyclic) bond motifs is 1. The van der Waals surface area contributed by atoms with Crippen molar-refractivity contribution in [2.75, 3.05) is 6.54 Å². The van der Waals surface area contributed by atoms with Crippen LogP contribution in [-0.4, -0.2) is 33.6 Å². The minimum atomic E-state index is -2.84. The van der Waals surface area contributed by atoms with E-state index in [0.29, 0.717) is 18.8 Å². The smallest absolute Gasteiger partial charge is 0.387 e. The fourth-order valence-corrected chi connectivity index (χ4v) is 3.67. The second-order valence-corrected chi connectivity index (χ2v) is 7.23. The molecule has 0 saturated heterocycles. The molecule has 0 saturated carbocycles. The predicted molar refractivity (Wildman–Crippen MR) is 111 cm³/mol. The first-order chi connectivity index (χ1) is 14.6. The summed E-state index contributed by atoms with van der Waals surface area (Å²) < 4.78 is 30.6. The van der Waals surface area contributed by atoms with Gasteiger partial charge in [-0.3, -0.25) is 4.79 Å². The van der Waals surface area contributed by atoms with E-state index in [9.17, 15) is 13.6 Å². The quantitative estimate of drug-likeness (QED) is 0.458. The largest absolute Gasteiger partial charge is 0.435 e. The van der Waals surface area contributed by atoms with Gasteiger partial charge in [-0.1, -0.05) is 24.3 Å². The maximum absolute atomic E-state index is 12.6. The van der Waals surface area contributed by atoms with Gasteiger partial charge in [0.1, 0.15) is 18.0 Å². The van der Waals surface area contributed by atoms with Crippen molar-refractivity contribution >= 4 is 28.3 Å². The number of hydrogen-bond donors (Lipinski definition) is 1. The molecule has 4 aromatic rings. The van der Waals surface area contributed by atoms with Crippen LogP contribution in [0.1, 0.15) is 5.56 Å². The highest BCUT2D eigenvalue weighted by atomic mass is 32.1. The fourth-order valence-electron chi connectivity index (χ4n) is 3.14. The minimum Gasteiger partial charge on any atom is -0.435 e. The molecule has 0 atom stereocenters. The molecular weight excluding hydrogens is 410 g/mol. The Kier molecular flexibility index (Phi) is 5.99. The van der Waals surface area contributed by atoms with Crippen LogP contribution in [0.2, 0.25) is 0 Å². The SMILES string of the molecule is O=C(Cn1c(-c2cscn2)nc2ccccc21)NCCc1ccc(OC(F)F)cc1. The highest BCUT2D eigenvalue weighted by Crippen LogP contribution is 2.24. The molecule has 0 aliphatic carbocycles. The monoisotopic (exact) mass is 428 g/mol. The second-order valence-electron chi connectivity index (χ2n) is 6.51. The van der Waals surface area contributed by atoms with Gasteiger partial charge in [0.15, 0.2) is 5.82 Å². The number of halogens is 2. The molecule has 2 aromatic heterocycles. The molecule has 0 fully saturated rings. The Balaban J connectivity index is 1.40. The number of hydrogen-bond acceptors (Lipinski definition) is 5. The summed E-state index contributed by atoms with van der Waals surface area (Å²) in [5, 5.41) is 4.80. The highest BCUT2D eigenvalue weighted by Gasteiger charge is 2.16. The van der Waals surface area contributed by atoms with Crippen molar-refractivity contribution in [1.29, 1.82) is 0 Å². The third-order valence-corrected chi connectivity index (χ3v) is 5.09. The molecular formula is C21H18F2N4O2S. The Bertz CT molecular complexity index is 1130. The van der Waals surface area contributed by atoms with E-state index in [-0.39, 0.29) is 18.2 Å². The lowest BCUT2D eigenvalue weighted by Gasteiger charge is -2.10. The lowest BCUT2D eigenvalue weighted by atomic mass is 10.1. The standard InChI is InChI=1S/C21H18F2N4O2S/c22-21(23)29-15-7-5-14(6-8-15)9-10-24-19(28)11-27-18-4-2-1-3-16(18)26-20(27)17-12-30-13-25-17/h1-8,12-13,21H,9-11H2,(H,24,28). The molecule has 0 aliphatic heterocycles. The highest BCUT2D eigenvalue weighted by molar-refractivity contribution is 7.07. The normalized spacial score (nSPS) is 11.2. The predicted octanol–water partition coefficient (Wildman–Crippen LogP) is 4.12. The maximum atomic E-state index is 12.6. The second kappa shape index (κ2) is 9.00. The van der Waals surface area contributed by atoms with Gasteiger partial charge in [-0.25, -0.2) is 9.97 Å².